The predicted molar refractivity (Wildman–Crippen MR) is 58.8 cm³/mol. The molecule has 0 amide bonds. The lowest BCUT2D eigenvalue weighted by atomic mass is 9.95. The van der Waals surface area contributed by atoms with E-state index in [1.54, 1.807) is 12.3 Å². The summed E-state index contributed by atoms with van der Waals surface area (Å²) in [5.41, 5.74) is -0.334. The Labute approximate surface area is 94.4 Å². The second kappa shape index (κ2) is 4.06. The molecule has 1 unspecified atom stereocenters. The fraction of sp³-hybridized carbons (Fsp3) is 0.545. The van der Waals surface area contributed by atoms with E-state index in [0.29, 0.717) is 18.2 Å². The quantitative estimate of drug-likeness (QED) is 0.751. The standard InChI is InChI=1S/C11H14N4O/c1-11(16)4-2-6-15(8-11)10-13-5-3-9(7-12)14-10/h3,5,16H,2,4,6,8H2,1H3. The van der Waals surface area contributed by atoms with Gasteiger partial charge in [0.1, 0.15) is 11.8 Å². The Bertz CT molecular complexity index is 424. The molecule has 0 radical (unpaired) electrons. The van der Waals surface area contributed by atoms with Crippen LogP contribution in [0.2, 0.25) is 0 Å². The Kier molecular flexibility index (Phi) is 2.75. The summed E-state index contributed by atoms with van der Waals surface area (Å²) in [7, 11) is 0. The average Bonchev–Trinajstić information content (AvgIpc) is 2.28. The average molecular weight is 218 g/mol. The number of hydrogen-bond donors (Lipinski definition) is 1. The van der Waals surface area contributed by atoms with Crippen molar-refractivity contribution in [3.05, 3.63) is 18.0 Å². The maximum atomic E-state index is 9.97. The molecule has 0 saturated carbocycles. The highest BCUT2D eigenvalue weighted by molar-refractivity contribution is 5.34. The molecule has 1 aliphatic rings. The van der Waals surface area contributed by atoms with E-state index in [1.165, 1.54) is 0 Å². The molecule has 16 heavy (non-hydrogen) atoms. The zero-order valence-corrected chi connectivity index (χ0v) is 9.22. The summed E-state index contributed by atoms with van der Waals surface area (Å²) in [4.78, 5) is 10.2. The van der Waals surface area contributed by atoms with Gasteiger partial charge in [-0.15, -0.1) is 0 Å². The Balaban J connectivity index is 2.21. The number of aliphatic hydroxyl groups is 1. The van der Waals surface area contributed by atoms with Gasteiger partial charge in [-0.1, -0.05) is 0 Å². The summed E-state index contributed by atoms with van der Waals surface area (Å²) in [6, 6.07) is 3.56. The molecule has 0 aromatic carbocycles. The topological polar surface area (TPSA) is 73.0 Å². The maximum absolute atomic E-state index is 9.97. The van der Waals surface area contributed by atoms with Gasteiger partial charge < -0.3 is 10.0 Å². The third kappa shape index (κ3) is 2.28. The van der Waals surface area contributed by atoms with Crippen molar-refractivity contribution >= 4 is 5.95 Å². The van der Waals surface area contributed by atoms with Gasteiger partial charge in [-0.05, 0) is 25.8 Å². The smallest absolute Gasteiger partial charge is 0.226 e. The van der Waals surface area contributed by atoms with E-state index in [1.807, 2.05) is 17.9 Å². The number of piperidine rings is 1. The van der Waals surface area contributed by atoms with Gasteiger partial charge >= 0.3 is 0 Å². The Morgan fingerprint density at radius 1 is 1.62 bits per heavy atom. The second-order valence-corrected chi connectivity index (χ2v) is 4.38. The highest BCUT2D eigenvalue weighted by atomic mass is 16.3. The first-order valence-corrected chi connectivity index (χ1v) is 5.31. The molecule has 1 aromatic heterocycles. The van der Waals surface area contributed by atoms with Crippen molar-refractivity contribution in [3.8, 4) is 6.07 Å². The fourth-order valence-corrected chi connectivity index (χ4v) is 1.95. The van der Waals surface area contributed by atoms with Gasteiger partial charge in [0.2, 0.25) is 5.95 Å². The Hall–Kier alpha value is -1.67. The number of hydrogen-bond acceptors (Lipinski definition) is 5. The minimum absolute atomic E-state index is 0.357. The van der Waals surface area contributed by atoms with E-state index < -0.39 is 5.60 Å². The van der Waals surface area contributed by atoms with Crippen LogP contribution < -0.4 is 4.90 Å². The molecule has 2 rings (SSSR count). The third-order valence-electron chi connectivity index (χ3n) is 2.72. The lowest BCUT2D eigenvalue weighted by Gasteiger charge is -2.36. The van der Waals surface area contributed by atoms with Crippen LogP contribution in [-0.4, -0.2) is 33.8 Å². The Morgan fingerprint density at radius 3 is 3.12 bits per heavy atom. The summed E-state index contributed by atoms with van der Waals surface area (Å²) in [6.45, 7) is 3.15. The van der Waals surface area contributed by atoms with E-state index in [2.05, 4.69) is 9.97 Å². The summed E-state index contributed by atoms with van der Waals surface area (Å²) >= 11 is 0. The highest BCUT2D eigenvalue weighted by Gasteiger charge is 2.29. The van der Waals surface area contributed by atoms with Crippen molar-refractivity contribution < 1.29 is 5.11 Å². The number of rotatable bonds is 1. The molecule has 0 aliphatic carbocycles. The fourth-order valence-electron chi connectivity index (χ4n) is 1.95. The summed E-state index contributed by atoms with van der Waals surface area (Å²) in [5, 5.41) is 18.7. The first-order valence-electron chi connectivity index (χ1n) is 5.31. The van der Waals surface area contributed by atoms with Crippen LogP contribution in [0.25, 0.3) is 0 Å². The maximum Gasteiger partial charge on any atom is 0.226 e. The number of anilines is 1. The van der Waals surface area contributed by atoms with Crippen LogP contribution in [-0.2, 0) is 0 Å². The molecule has 0 spiro atoms. The van der Waals surface area contributed by atoms with E-state index in [-0.39, 0.29) is 0 Å². The predicted octanol–water partition coefficient (Wildman–Crippen LogP) is 0.699. The minimum Gasteiger partial charge on any atom is -0.388 e. The minimum atomic E-state index is -0.690. The first kappa shape index (κ1) is 10.8. The van der Waals surface area contributed by atoms with Crippen molar-refractivity contribution in [1.29, 1.82) is 5.26 Å². The molecule has 0 bridgehead atoms. The van der Waals surface area contributed by atoms with E-state index in [9.17, 15) is 5.11 Å². The Morgan fingerprint density at radius 2 is 2.44 bits per heavy atom. The van der Waals surface area contributed by atoms with Crippen molar-refractivity contribution in [2.75, 3.05) is 18.0 Å². The molecule has 1 aromatic rings. The van der Waals surface area contributed by atoms with Gasteiger partial charge in [-0.25, -0.2) is 9.97 Å². The van der Waals surface area contributed by atoms with Gasteiger partial charge in [-0.3, -0.25) is 0 Å². The SMILES string of the molecule is CC1(O)CCCN(c2nccc(C#N)n2)C1. The first-order chi connectivity index (χ1) is 7.61. The van der Waals surface area contributed by atoms with Crippen molar-refractivity contribution in [2.45, 2.75) is 25.4 Å². The molecular weight excluding hydrogens is 204 g/mol. The van der Waals surface area contributed by atoms with E-state index in [4.69, 9.17) is 5.26 Å². The van der Waals surface area contributed by atoms with Gasteiger partial charge in [0.05, 0.1) is 5.60 Å². The zero-order valence-electron chi connectivity index (χ0n) is 9.22. The molecule has 1 saturated heterocycles. The van der Waals surface area contributed by atoms with Crippen LogP contribution in [0.3, 0.4) is 0 Å². The highest BCUT2D eigenvalue weighted by Crippen LogP contribution is 2.23. The molecule has 1 aliphatic heterocycles. The van der Waals surface area contributed by atoms with E-state index in [0.717, 1.165) is 19.4 Å². The van der Waals surface area contributed by atoms with E-state index >= 15 is 0 Å². The van der Waals surface area contributed by atoms with Crippen molar-refractivity contribution in [3.63, 3.8) is 0 Å². The van der Waals surface area contributed by atoms with Crippen LogP contribution in [0.4, 0.5) is 5.95 Å². The van der Waals surface area contributed by atoms with Crippen LogP contribution in [0, 0.1) is 11.3 Å². The molecule has 2 heterocycles. The van der Waals surface area contributed by atoms with Gasteiger partial charge in [0, 0.05) is 19.3 Å². The van der Waals surface area contributed by atoms with Crippen LogP contribution >= 0.6 is 0 Å². The molecule has 1 N–H and O–H groups in total. The summed E-state index contributed by atoms with van der Waals surface area (Å²) in [6.07, 6.45) is 3.28. The van der Waals surface area contributed by atoms with Gasteiger partial charge in [0.15, 0.2) is 0 Å². The normalized spacial score (nSPS) is 25.2. The van der Waals surface area contributed by atoms with Crippen molar-refractivity contribution in [1.82, 2.24) is 9.97 Å². The molecule has 5 heteroatoms. The summed E-state index contributed by atoms with van der Waals surface area (Å²) in [5.74, 6) is 0.527. The number of nitrogens with zero attached hydrogens (tertiary/aromatic N) is 4. The molecule has 1 fully saturated rings. The number of β-amino-alcohol motifs (C(OH)–C–C–N with tert-alkyl or cyclic N) is 1. The van der Waals surface area contributed by atoms with Gasteiger partial charge in [0.25, 0.3) is 0 Å². The van der Waals surface area contributed by atoms with Crippen LogP contribution in [0.1, 0.15) is 25.5 Å². The monoisotopic (exact) mass is 218 g/mol. The number of nitriles is 1. The lowest BCUT2D eigenvalue weighted by Crippen LogP contribution is -2.46. The summed E-state index contributed by atoms with van der Waals surface area (Å²) < 4.78 is 0. The van der Waals surface area contributed by atoms with Crippen LogP contribution in [0.5, 0.6) is 0 Å². The number of aromatic nitrogens is 2. The molecule has 1 atom stereocenters. The van der Waals surface area contributed by atoms with Crippen LogP contribution in [0.15, 0.2) is 12.3 Å². The molecule has 5 nitrogen and oxygen atoms in total. The molecule has 84 valence electrons. The lowest BCUT2D eigenvalue weighted by molar-refractivity contribution is 0.0444. The largest absolute Gasteiger partial charge is 0.388 e. The second-order valence-electron chi connectivity index (χ2n) is 4.38. The van der Waals surface area contributed by atoms with Crippen molar-refractivity contribution in [2.24, 2.45) is 0 Å². The van der Waals surface area contributed by atoms with Gasteiger partial charge in [-0.2, -0.15) is 5.26 Å². The zero-order chi connectivity index (χ0) is 11.6. The third-order valence-corrected chi connectivity index (χ3v) is 2.72. The molecular formula is C11H14N4O.